The Balaban J connectivity index is 1.49. The molecule has 0 atom stereocenters. The van der Waals surface area contributed by atoms with Crippen molar-refractivity contribution >= 4 is 11.8 Å². The highest BCUT2D eigenvalue weighted by molar-refractivity contribution is 6.07. The number of hydrogen-bond donors (Lipinski definition) is 2. The molecule has 0 saturated heterocycles. The molecule has 2 N–H and O–H groups in total. The van der Waals surface area contributed by atoms with Crippen molar-refractivity contribution in [3.05, 3.63) is 71.5 Å². The van der Waals surface area contributed by atoms with Crippen LogP contribution in [0.4, 0.5) is 4.39 Å². The van der Waals surface area contributed by atoms with E-state index < -0.39 is 5.41 Å². The van der Waals surface area contributed by atoms with Gasteiger partial charge in [-0.05, 0) is 36.5 Å². The fourth-order valence-electron chi connectivity index (χ4n) is 2.81. The van der Waals surface area contributed by atoms with Crippen LogP contribution in [0.3, 0.4) is 0 Å². The highest BCUT2D eigenvalue weighted by Gasteiger charge is 2.56. The van der Waals surface area contributed by atoms with E-state index in [0.717, 1.165) is 5.56 Å². The van der Waals surface area contributed by atoms with Gasteiger partial charge in [0.25, 0.3) is 0 Å². The van der Waals surface area contributed by atoms with Crippen molar-refractivity contribution in [3.8, 4) is 0 Å². The average Bonchev–Trinajstić information content (AvgIpc) is 3.44. The van der Waals surface area contributed by atoms with E-state index in [1.165, 1.54) is 6.07 Å². The molecule has 0 unspecified atom stereocenters. The lowest BCUT2D eigenvalue weighted by Gasteiger charge is -2.15. The van der Waals surface area contributed by atoms with Crippen molar-refractivity contribution in [2.45, 2.75) is 25.8 Å². The van der Waals surface area contributed by atoms with Crippen LogP contribution in [0.2, 0.25) is 0 Å². The van der Waals surface area contributed by atoms with Crippen LogP contribution in [-0.2, 0) is 22.6 Å². The van der Waals surface area contributed by atoms with E-state index in [2.05, 4.69) is 10.6 Å². The molecule has 0 aliphatic heterocycles. The summed E-state index contributed by atoms with van der Waals surface area (Å²) in [5.41, 5.74) is 0.595. The van der Waals surface area contributed by atoms with Crippen molar-refractivity contribution in [2.75, 3.05) is 6.54 Å². The Bertz CT molecular complexity index is 757. The van der Waals surface area contributed by atoms with E-state index in [9.17, 15) is 14.0 Å². The van der Waals surface area contributed by atoms with E-state index in [1.807, 2.05) is 30.3 Å². The van der Waals surface area contributed by atoms with Crippen LogP contribution >= 0.6 is 0 Å². The standard InChI is InChI=1S/C20H21FN2O2/c21-17-9-5-4-8-16(17)10-13-22-18(24)20(11-12-20)19(25)23-14-15-6-2-1-3-7-15/h1-9H,10-14H2,(H,22,24)(H,23,25). The fourth-order valence-corrected chi connectivity index (χ4v) is 2.81. The summed E-state index contributed by atoms with van der Waals surface area (Å²) in [7, 11) is 0. The van der Waals surface area contributed by atoms with Crippen LogP contribution in [0.1, 0.15) is 24.0 Å². The molecule has 3 rings (SSSR count). The van der Waals surface area contributed by atoms with Gasteiger partial charge in [0.05, 0.1) is 0 Å². The van der Waals surface area contributed by atoms with E-state index in [0.29, 0.717) is 37.9 Å². The molecule has 4 nitrogen and oxygen atoms in total. The van der Waals surface area contributed by atoms with E-state index in [-0.39, 0.29) is 17.6 Å². The van der Waals surface area contributed by atoms with Crippen LogP contribution in [0, 0.1) is 11.2 Å². The predicted octanol–water partition coefficient (Wildman–Crippen LogP) is 2.58. The molecule has 2 aromatic carbocycles. The van der Waals surface area contributed by atoms with Gasteiger partial charge in [-0.2, -0.15) is 0 Å². The lowest BCUT2D eigenvalue weighted by Crippen LogP contribution is -2.43. The molecule has 25 heavy (non-hydrogen) atoms. The van der Waals surface area contributed by atoms with Crippen LogP contribution < -0.4 is 10.6 Å². The number of hydrogen-bond acceptors (Lipinski definition) is 2. The van der Waals surface area contributed by atoms with Gasteiger partial charge in [0.2, 0.25) is 11.8 Å². The van der Waals surface area contributed by atoms with Crippen molar-refractivity contribution < 1.29 is 14.0 Å². The Hall–Kier alpha value is -2.69. The SMILES string of the molecule is O=C(NCCc1ccccc1F)C1(C(=O)NCc2ccccc2)CC1. The molecule has 1 fully saturated rings. The first-order chi connectivity index (χ1) is 12.1. The summed E-state index contributed by atoms with van der Waals surface area (Å²) in [5, 5.41) is 5.61. The lowest BCUT2D eigenvalue weighted by molar-refractivity contribution is -0.137. The van der Waals surface area contributed by atoms with Crippen LogP contribution in [0.15, 0.2) is 54.6 Å². The van der Waals surface area contributed by atoms with E-state index in [1.54, 1.807) is 18.2 Å². The molecule has 130 valence electrons. The summed E-state index contributed by atoms with van der Waals surface area (Å²) >= 11 is 0. The average molecular weight is 340 g/mol. The summed E-state index contributed by atoms with van der Waals surface area (Å²) in [6.07, 6.45) is 1.51. The first kappa shape index (κ1) is 17.1. The maximum absolute atomic E-state index is 13.6. The third kappa shape index (κ3) is 4.05. The topological polar surface area (TPSA) is 58.2 Å². The number of nitrogens with one attached hydrogen (secondary N) is 2. The zero-order valence-electron chi connectivity index (χ0n) is 13.9. The Morgan fingerprint density at radius 1 is 0.920 bits per heavy atom. The first-order valence-corrected chi connectivity index (χ1v) is 8.46. The molecule has 1 aliphatic carbocycles. The Morgan fingerprint density at radius 2 is 1.56 bits per heavy atom. The monoisotopic (exact) mass is 340 g/mol. The smallest absolute Gasteiger partial charge is 0.235 e. The number of amides is 2. The van der Waals surface area contributed by atoms with Gasteiger partial charge in [-0.15, -0.1) is 0 Å². The number of halogens is 1. The van der Waals surface area contributed by atoms with Gasteiger partial charge < -0.3 is 10.6 Å². The van der Waals surface area contributed by atoms with Crippen molar-refractivity contribution in [1.29, 1.82) is 0 Å². The third-order valence-corrected chi connectivity index (χ3v) is 4.55. The number of carbonyl (C=O) groups excluding carboxylic acids is 2. The van der Waals surface area contributed by atoms with Crippen molar-refractivity contribution in [3.63, 3.8) is 0 Å². The lowest BCUT2D eigenvalue weighted by atomic mass is 10.0. The van der Waals surface area contributed by atoms with Gasteiger partial charge in [0.1, 0.15) is 11.2 Å². The normalized spacial score (nSPS) is 14.6. The second-order valence-corrected chi connectivity index (χ2v) is 6.35. The molecule has 0 radical (unpaired) electrons. The van der Waals surface area contributed by atoms with E-state index in [4.69, 9.17) is 0 Å². The second kappa shape index (κ2) is 7.47. The second-order valence-electron chi connectivity index (χ2n) is 6.35. The maximum Gasteiger partial charge on any atom is 0.235 e. The molecule has 2 aromatic rings. The van der Waals surface area contributed by atoms with Gasteiger partial charge in [-0.1, -0.05) is 48.5 Å². The largest absolute Gasteiger partial charge is 0.355 e. The quantitative estimate of drug-likeness (QED) is 0.761. The Morgan fingerprint density at radius 3 is 2.24 bits per heavy atom. The van der Waals surface area contributed by atoms with Gasteiger partial charge >= 0.3 is 0 Å². The fraction of sp³-hybridized carbons (Fsp3) is 0.300. The summed E-state index contributed by atoms with van der Waals surface area (Å²) < 4.78 is 13.6. The summed E-state index contributed by atoms with van der Waals surface area (Å²) in [5.74, 6) is -0.785. The zero-order valence-corrected chi connectivity index (χ0v) is 13.9. The number of carbonyl (C=O) groups is 2. The van der Waals surface area contributed by atoms with E-state index >= 15 is 0 Å². The number of benzene rings is 2. The van der Waals surface area contributed by atoms with Gasteiger partial charge in [-0.3, -0.25) is 9.59 Å². The molecular formula is C20H21FN2O2. The molecule has 2 amide bonds. The first-order valence-electron chi connectivity index (χ1n) is 8.46. The van der Waals surface area contributed by atoms with Gasteiger partial charge in [-0.25, -0.2) is 4.39 Å². The maximum atomic E-state index is 13.6. The predicted molar refractivity (Wildman–Crippen MR) is 93.1 cm³/mol. The van der Waals surface area contributed by atoms with Crippen LogP contribution in [0.5, 0.6) is 0 Å². The molecule has 0 bridgehead atoms. The molecule has 1 aliphatic rings. The summed E-state index contributed by atoms with van der Waals surface area (Å²) in [4.78, 5) is 24.8. The molecule has 0 aromatic heterocycles. The molecule has 5 heteroatoms. The minimum Gasteiger partial charge on any atom is -0.355 e. The minimum atomic E-state index is -0.954. The number of rotatable bonds is 7. The van der Waals surface area contributed by atoms with Crippen molar-refractivity contribution in [2.24, 2.45) is 5.41 Å². The minimum absolute atomic E-state index is 0.236. The molecule has 1 saturated carbocycles. The highest BCUT2D eigenvalue weighted by Crippen LogP contribution is 2.46. The van der Waals surface area contributed by atoms with Crippen LogP contribution in [-0.4, -0.2) is 18.4 Å². The Labute approximate surface area is 146 Å². The summed E-state index contributed by atoms with van der Waals surface area (Å²) in [6, 6.07) is 16.1. The molecular weight excluding hydrogens is 319 g/mol. The van der Waals surface area contributed by atoms with Crippen LogP contribution in [0.25, 0.3) is 0 Å². The zero-order chi connectivity index (χ0) is 17.7. The Kier molecular flexibility index (Phi) is 5.12. The highest BCUT2D eigenvalue weighted by atomic mass is 19.1. The molecule has 0 heterocycles. The summed E-state index contributed by atoms with van der Waals surface area (Å²) in [6.45, 7) is 0.720. The molecule has 0 spiro atoms. The van der Waals surface area contributed by atoms with Gasteiger partial charge in [0.15, 0.2) is 0 Å². The van der Waals surface area contributed by atoms with Gasteiger partial charge in [0, 0.05) is 13.1 Å². The third-order valence-electron chi connectivity index (χ3n) is 4.55. The van der Waals surface area contributed by atoms with Crippen molar-refractivity contribution in [1.82, 2.24) is 10.6 Å².